The lowest BCUT2D eigenvalue weighted by atomic mass is 10.1. The van der Waals surface area contributed by atoms with Gasteiger partial charge in [-0.05, 0) is 29.3 Å². The molecule has 0 aromatic heterocycles. The van der Waals surface area contributed by atoms with Gasteiger partial charge in [-0.25, -0.2) is 0 Å². The van der Waals surface area contributed by atoms with Gasteiger partial charge in [0.25, 0.3) is 0 Å². The maximum atomic E-state index is 12.4. The van der Waals surface area contributed by atoms with Gasteiger partial charge in [-0.3, -0.25) is 0 Å². The van der Waals surface area contributed by atoms with Crippen molar-refractivity contribution >= 4 is 6.08 Å². The third-order valence-electron chi connectivity index (χ3n) is 2.24. The highest BCUT2D eigenvalue weighted by Gasteiger charge is 2.30. The molecule has 0 radical (unpaired) electrons. The van der Waals surface area contributed by atoms with Crippen LogP contribution in [0.2, 0.25) is 0 Å². The van der Waals surface area contributed by atoms with Crippen molar-refractivity contribution in [2.24, 2.45) is 0 Å². The van der Waals surface area contributed by atoms with Crippen LogP contribution in [0.3, 0.4) is 0 Å². The van der Waals surface area contributed by atoms with Crippen molar-refractivity contribution in [2.75, 3.05) is 0 Å². The van der Waals surface area contributed by atoms with Gasteiger partial charge in [0.05, 0.1) is 5.56 Å². The van der Waals surface area contributed by atoms with Gasteiger partial charge in [0, 0.05) is 0 Å². The van der Waals surface area contributed by atoms with Crippen molar-refractivity contribution in [3.8, 4) is 0 Å². The summed E-state index contributed by atoms with van der Waals surface area (Å²) in [6.07, 6.45) is 4.82. The molecule has 0 heterocycles. The first-order chi connectivity index (χ1) is 7.55. The van der Waals surface area contributed by atoms with E-state index in [0.29, 0.717) is 5.56 Å². The number of allylic oxidation sites excluding steroid dienone is 5. The summed E-state index contributed by atoms with van der Waals surface area (Å²) in [6.45, 7) is 0. The predicted molar refractivity (Wildman–Crippen MR) is 57.7 cm³/mol. The largest absolute Gasteiger partial charge is 0.416 e. The lowest BCUT2D eigenvalue weighted by Crippen LogP contribution is -2.04. The Labute approximate surface area is 91.4 Å². The molecule has 0 saturated heterocycles. The minimum Gasteiger partial charge on any atom is -0.166 e. The summed E-state index contributed by atoms with van der Waals surface area (Å²) in [7, 11) is 0. The molecule has 0 atom stereocenters. The average Bonchev–Trinajstić information content (AvgIpc) is 2.70. The van der Waals surface area contributed by atoms with Crippen LogP contribution < -0.4 is 0 Å². The Morgan fingerprint density at radius 2 is 1.69 bits per heavy atom. The predicted octanol–water partition coefficient (Wildman–Crippen LogP) is 4.21. The van der Waals surface area contributed by atoms with E-state index in [1.165, 1.54) is 6.07 Å². The molecule has 0 unspecified atom stereocenters. The molecule has 16 heavy (non-hydrogen) atoms. The van der Waals surface area contributed by atoms with Crippen molar-refractivity contribution in [3.63, 3.8) is 0 Å². The van der Waals surface area contributed by atoms with Crippen LogP contribution in [-0.2, 0) is 6.18 Å². The van der Waals surface area contributed by atoms with Gasteiger partial charge < -0.3 is 0 Å². The van der Waals surface area contributed by atoms with Crippen molar-refractivity contribution in [1.82, 2.24) is 0 Å². The van der Waals surface area contributed by atoms with Crippen molar-refractivity contribution in [3.05, 3.63) is 65.3 Å². The summed E-state index contributed by atoms with van der Waals surface area (Å²) < 4.78 is 37.3. The Hall–Kier alpha value is -1.77. The fourth-order valence-electron chi connectivity index (χ4n) is 1.48. The number of hydrogen-bond donors (Lipinski definition) is 0. The SMILES string of the molecule is FC(F)(F)c1cccc(C=C2C=CC=C2)c1. The van der Waals surface area contributed by atoms with Crippen LogP contribution in [0.15, 0.2) is 54.1 Å². The number of halogens is 3. The van der Waals surface area contributed by atoms with Crippen molar-refractivity contribution in [1.29, 1.82) is 0 Å². The van der Waals surface area contributed by atoms with Crippen molar-refractivity contribution < 1.29 is 13.2 Å². The quantitative estimate of drug-likeness (QED) is 0.667. The maximum absolute atomic E-state index is 12.4. The molecule has 1 aromatic rings. The van der Waals surface area contributed by atoms with Crippen LogP contribution in [0.1, 0.15) is 11.1 Å². The van der Waals surface area contributed by atoms with E-state index in [9.17, 15) is 13.2 Å². The molecule has 3 heteroatoms. The van der Waals surface area contributed by atoms with Crippen LogP contribution in [0.4, 0.5) is 13.2 Å². The first-order valence-electron chi connectivity index (χ1n) is 4.79. The van der Waals surface area contributed by atoms with Crippen LogP contribution >= 0.6 is 0 Å². The monoisotopic (exact) mass is 222 g/mol. The zero-order valence-corrected chi connectivity index (χ0v) is 8.33. The molecule has 0 aliphatic heterocycles. The van der Waals surface area contributed by atoms with Gasteiger partial charge in [0.1, 0.15) is 0 Å². The molecule has 0 spiro atoms. The van der Waals surface area contributed by atoms with Crippen LogP contribution in [0, 0.1) is 0 Å². The molecule has 1 aliphatic rings. The highest BCUT2D eigenvalue weighted by Crippen LogP contribution is 2.30. The molecule has 0 fully saturated rings. The number of benzene rings is 1. The lowest BCUT2D eigenvalue weighted by molar-refractivity contribution is -0.137. The fourth-order valence-corrected chi connectivity index (χ4v) is 1.48. The highest BCUT2D eigenvalue weighted by molar-refractivity contribution is 5.62. The second kappa shape index (κ2) is 4.00. The minimum atomic E-state index is -4.28. The first kappa shape index (κ1) is 10.7. The maximum Gasteiger partial charge on any atom is 0.416 e. The van der Waals surface area contributed by atoms with Crippen LogP contribution in [0.5, 0.6) is 0 Å². The van der Waals surface area contributed by atoms with Gasteiger partial charge in [0.15, 0.2) is 0 Å². The zero-order chi connectivity index (χ0) is 11.6. The van der Waals surface area contributed by atoms with Crippen LogP contribution in [0.25, 0.3) is 6.08 Å². The number of alkyl halides is 3. The summed E-state index contributed by atoms with van der Waals surface area (Å²) in [5.74, 6) is 0. The van der Waals surface area contributed by atoms with E-state index in [1.54, 1.807) is 12.1 Å². The van der Waals surface area contributed by atoms with E-state index in [-0.39, 0.29) is 0 Å². The van der Waals surface area contributed by atoms with Gasteiger partial charge in [0.2, 0.25) is 0 Å². The zero-order valence-electron chi connectivity index (χ0n) is 8.33. The third kappa shape index (κ3) is 2.42. The van der Waals surface area contributed by atoms with E-state index in [0.717, 1.165) is 17.7 Å². The van der Waals surface area contributed by atoms with Gasteiger partial charge in [-0.2, -0.15) is 13.2 Å². The summed E-state index contributed by atoms with van der Waals surface area (Å²) >= 11 is 0. The van der Waals surface area contributed by atoms with E-state index < -0.39 is 11.7 Å². The standard InChI is InChI=1S/C13H9F3/c14-13(15,16)12-7-3-6-11(9-12)8-10-4-1-2-5-10/h1-9H. The highest BCUT2D eigenvalue weighted by atomic mass is 19.4. The molecule has 1 aliphatic carbocycles. The van der Waals surface area contributed by atoms with E-state index in [2.05, 4.69) is 0 Å². The van der Waals surface area contributed by atoms with E-state index in [4.69, 9.17) is 0 Å². The van der Waals surface area contributed by atoms with Crippen LogP contribution in [-0.4, -0.2) is 0 Å². The topological polar surface area (TPSA) is 0 Å². The van der Waals surface area contributed by atoms with E-state index in [1.807, 2.05) is 24.3 Å². The second-order valence-corrected chi connectivity index (χ2v) is 3.49. The molecule has 82 valence electrons. The normalized spacial score (nSPS) is 14.6. The molecule has 0 saturated carbocycles. The molecule has 0 N–H and O–H groups in total. The molecular weight excluding hydrogens is 213 g/mol. The summed E-state index contributed by atoms with van der Waals surface area (Å²) in [6, 6.07) is 5.29. The Bertz CT molecular complexity index is 462. The van der Waals surface area contributed by atoms with E-state index >= 15 is 0 Å². The summed E-state index contributed by atoms with van der Waals surface area (Å²) in [5, 5.41) is 0. The second-order valence-electron chi connectivity index (χ2n) is 3.49. The lowest BCUT2D eigenvalue weighted by Gasteiger charge is -2.06. The molecule has 0 nitrogen and oxygen atoms in total. The molecule has 0 amide bonds. The van der Waals surface area contributed by atoms with Gasteiger partial charge >= 0.3 is 6.18 Å². The first-order valence-corrected chi connectivity index (χ1v) is 4.79. The summed E-state index contributed by atoms with van der Waals surface area (Å²) in [4.78, 5) is 0. The Balaban J connectivity index is 2.33. The Morgan fingerprint density at radius 3 is 2.31 bits per heavy atom. The summed E-state index contributed by atoms with van der Waals surface area (Å²) in [5.41, 5.74) is 0.841. The Kier molecular flexibility index (Phi) is 2.69. The molecule has 1 aromatic carbocycles. The van der Waals surface area contributed by atoms with Gasteiger partial charge in [-0.1, -0.05) is 36.4 Å². The smallest absolute Gasteiger partial charge is 0.166 e. The van der Waals surface area contributed by atoms with Crippen molar-refractivity contribution in [2.45, 2.75) is 6.18 Å². The average molecular weight is 222 g/mol. The number of rotatable bonds is 1. The minimum absolute atomic E-state index is 0.557. The number of hydrogen-bond acceptors (Lipinski definition) is 0. The molecule has 0 bridgehead atoms. The fraction of sp³-hybridized carbons (Fsp3) is 0.0769. The third-order valence-corrected chi connectivity index (χ3v) is 2.24. The molecular formula is C13H9F3. The van der Waals surface area contributed by atoms with Gasteiger partial charge in [-0.15, -0.1) is 0 Å². The Morgan fingerprint density at radius 1 is 1.00 bits per heavy atom. The molecule has 2 rings (SSSR count).